The second-order valence-corrected chi connectivity index (χ2v) is 14.1. The number of benzene rings is 1. The largest absolute Gasteiger partial charge is 0.461 e. The maximum atomic E-state index is 14.7. The molecule has 38 heavy (non-hydrogen) atoms. The van der Waals surface area contributed by atoms with Crippen LogP contribution in [0.5, 0.6) is 0 Å². The number of nitrogens with zero attached hydrogens (tertiary/aromatic N) is 2. The van der Waals surface area contributed by atoms with Gasteiger partial charge in [-0.25, -0.2) is 0 Å². The first-order valence-corrected chi connectivity index (χ1v) is 14.3. The quantitative estimate of drug-likeness (QED) is 0.454. The number of amides is 2. The Morgan fingerprint density at radius 1 is 1.08 bits per heavy atom. The van der Waals surface area contributed by atoms with Crippen molar-refractivity contribution in [1.29, 1.82) is 0 Å². The fourth-order valence-corrected chi connectivity index (χ4v) is 9.20. The summed E-state index contributed by atoms with van der Waals surface area (Å²) in [5.41, 5.74) is 0.253. The highest BCUT2D eigenvalue weighted by Gasteiger charge is 2.72. The first-order chi connectivity index (χ1) is 17.9. The molecule has 0 radical (unpaired) electrons. The molecule has 4 aliphatic rings. The topological polar surface area (TPSA) is 87.2 Å². The summed E-state index contributed by atoms with van der Waals surface area (Å²) in [6, 6.07) is 7.76. The number of carbonyl (C=O) groups excluding carboxylic acids is 3. The number of esters is 1. The average Bonchev–Trinajstić information content (AvgIpc) is 3.13. The van der Waals surface area contributed by atoms with Crippen molar-refractivity contribution in [3.8, 4) is 0 Å². The number of fused-ring (bicyclic) bond motifs is 2. The first kappa shape index (κ1) is 27.0. The molecule has 7 nitrogen and oxygen atoms in total. The molecular formula is C30H38N2O5S. The zero-order valence-corrected chi connectivity index (χ0v) is 23.6. The molecule has 0 saturated carbocycles. The van der Waals surface area contributed by atoms with Crippen LogP contribution in [0.3, 0.4) is 0 Å². The van der Waals surface area contributed by atoms with Gasteiger partial charge in [-0.1, -0.05) is 75.4 Å². The molecule has 2 saturated heterocycles. The standard InChI is InChI=1S/C30H38N2O5S/c1-28(2,3)18-29(4,5)31-15-10-14-30-23(22-21(38-30)13-9-16-37-27(22)36)25(34)32(24(30)26(31)35)20(17-33)19-11-7-6-8-12-19/h6-14,20-24,33H,15-18H2,1-5H3/t20-,21+,22-,23+,24?,30+/m1/s1. The van der Waals surface area contributed by atoms with Crippen molar-refractivity contribution >= 4 is 29.5 Å². The number of cyclic esters (lactones) is 1. The minimum atomic E-state index is -0.945. The lowest BCUT2D eigenvalue weighted by molar-refractivity contribution is -0.152. The SMILES string of the molecule is CC(C)(C)CC(C)(C)N1CC=C[C@]23S[C@H]4C=CCOC(=O)[C@H]4[C@H]2C(=O)N([C@H](CO)c2ccccc2)C3C1=O. The molecule has 1 N–H and O–H groups in total. The Labute approximate surface area is 229 Å². The van der Waals surface area contributed by atoms with Gasteiger partial charge in [0, 0.05) is 17.3 Å². The molecule has 5 rings (SSSR count). The fraction of sp³-hybridized carbons (Fsp3) is 0.567. The molecule has 0 bridgehead atoms. The van der Waals surface area contributed by atoms with Crippen LogP contribution in [0.15, 0.2) is 54.6 Å². The number of likely N-dealkylation sites (tertiary alicyclic amines) is 1. The number of ether oxygens (including phenoxy) is 1. The number of hydrogen-bond donors (Lipinski definition) is 1. The summed E-state index contributed by atoms with van der Waals surface area (Å²) in [5.74, 6) is -2.28. The monoisotopic (exact) mass is 538 g/mol. The van der Waals surface area contributed by atoms with Crippen molar-refractivity contribution in [1.82, 2.24) is 9.80 Å². The number of aliphatic hydroxyl groups excluding tert-OH is 1. The highest BCUT2D eigenvalue weighted by molar-refractivity contribution is 8.02. The van der Waals surface area contributed by atoms with Crippen LogP contribution < -0.4 is 0 Å². The van der Waals surface area contributed by atoms with Crippen molar-refractivity contribution in [3.63, 3.8) is 0 Å². The van der Waals surface area contributed by atoms with E-state index in [1.54, 1.807) is 4.90 Å². The zero-order chi connectivity index (χ0) is 27.5. The van der Waals surface area contributed by atoms with E-state index in [9.17, 15) is 19.5 Å². The molecule has 6 atom stereocenters. The number of thioether (sulfide) groups is 1. The smallest absolute Gasteiger partial charge is 0.311 e. The Balaban J connectivity index is 1.66. The van der Waals surface area contributed by atoms with Gasteiger partial charge in [-0.15, -0.1) is 11.8 Å². The van der Waals surface area contributed by atoms with Crippen LogP contribution >= 0.6 is 11.8 Å². The van der Waals surface area contributed by atoms with Crippen LogP contribution in [0.4, 0.5) is 0 Å². The van der Waals surface area contributed by atoms with E-state index in [4.69, 9.17) is 4.74 Å². The molecule has 0 aromatic heterocycles. The van der Waals surface area contributed by atoms with E-state index in [0.29, 0.717) is 6.54 Å². The number of carbonyl (C=O) groups is 3. The van der Waals surface area contributed by atoms with E-state index in [1.807, 2.05) is 59.5 Å². The van der Waals surface area contributed by atoms with Crippen LogP contribution in [0.25, 0.3) is 0 Å². The number of aliphatic hydroxyl groups is 1. The summed E-state index contributed by atoms with van der Waals surface area (Å²) in [6.45, 7) is 10.9. The van der Waals surface area contributed by atoms with Gasteiger partial charge in [-0.2, -0.15) is 0 Å². The van der Waals surface area contributed by atoms with Crippen molar-refractivity contribution in [2.75, 3.05) is 19.8 Å². The fourth-order valence-electron chi connectivity index (χ4n) is 7.21. The minimum Gasteiger partial charge on any atom is -0.461 e. The molecule has 1 aromatic rings. The Kier molecular flexibility index (Phi) is 6.79. The molecule has 1 spiro atoms. The second-order valence-electron chi connectivity index (χ2n) is 12.7. The summed E-state index contributed by atoms with van der Waals surface area (Å²) >= 11 is 1.52. The summed E-state index contributed by atoms with van der Waals surface area (Å²) in [4.78, 5) is 45.8. The third kappa shape index (κ3) is 4.30. The summed E-state index contributed by atoms with van der Waals surface area (Å²) in [7, 11) is 0. The van der Waals surface area contributed by atoms with E-state index in [0.717, 1.165) is 12.0 Å². The minimum absolute atomic E-state index is 0.0211. The van der Waals surface area contributed by atoms with E-state index in [-0.39, 0.29) is 35.7 Å². The predicted octanol–water partition coefficient (Wildman–Crippen LogP) is 3.74. The summed E-state index contributed by atoms with van der Waals surface area (Å²) < 4.78 is 4.52. The van der Waals surface area contributed by atoms with Crippen molar-refractivity contribution in [3.05, 3.63) is 60.2 Å². The first-order valence-electron chi connectivity index (χ1n) is 13.4. The van der Waals surface area contributed by atoms with Gasteiger partial charge in [0.1, 0.15) is 12.6 Å². The van der Waals surface area contributed by atoms with Gasteiger partial charge < -0.3 is 19.6 Å². The van der Waals surface area contributed by atoms with Gasteiger partial charge in [-0.05, 0) is 31.2 Å². The van der Waals surface area contributed by atoms with Crippen molar-refractivity contribution < 1.29 is 24.2 Å². The van der Waals surface area contributed by atoms with E-state index in [1.165, 1.54) is 11.8 Å². The predicted molar refractivity (Wildman–Crippen MR) is 147 cm³/mol. The van der Waals surface area contributed by atoms with E-state index >= 15 is 0 Å². The summed E-state index contributed by atoms with van der Waals surface area (Å²) in [5, 5.41) is 10.4. The van der Waals surface area contributed by atoms with Gasteiger partial charge in [0.25, 0.3) is 0 Å². The Bertz CT molecular complexity index is 1170. The molecule has 1 aromatic carbocycles. The average molecular weight is 539 g/mol. The molecule has 4 aliphatic heterocycles. The van der Waals surface area contributed by atoms with Crippen LogP contribution in [0, 0.1) is 17.3 Å². The third-order valence-corrected chi connectivity index (χ3v) is 9.98. The van der Waals surface area contributed by atoms with E-state index in [2.05, 4.69) is 34.6 Å². The third-order valence-electron chi connectivity index (χ3n) is 8.24. The van der Waals surface area contributed by atoms with Gasteiger partial charge in [0.05, 0.1) is 29.2 Å². The van der Waals surface area contributed by atoms with Crippen LogP contribution in [0.1, 0.15) is 52.6 Å². The molecule has 1 unspecified atom stereocenters. The molecule has 8 heteroatoms. The van der Waals surface area contributed by atoms with E-state index < -0.39 is 40.2 Å². The van der Waals surface area contributed by atoms with Gasteiger partial charge in [0.15, 0.2) is 0 Å². The van der Waals surface area contributed by atoms with Crippen LogP contribution in [-0.4, -0.2) is 74.0 Å². The highest BCUT2D eigenvalue weighted by atomic mass is 32.2. The number of rotatable bonds is 5. The van der Waals surface area contributed by atoms with Gasteiger partial charge in [-0.3, -0.25) is 14.4 Å². The van der Waals surface area contributed by atoms with Gasteiger partial charge >= 0.3 is 5.97 Å². The lowest BCUT2D eigenvalue weighted by Crippen LogP contribution is -2.59. The van der Waals surface area contributed by atoms with Crippen molar-refractivity contribution in [2.45, 2.75) is 68.7 Å². The normalized spacial score (nSPS) is 31.9. The number of hydrogen-bond acceptors (Lipinski definition) is 6. The molecule has 2 amide bonds. The Morgan fingerprint density at radius 2 is 1.79 bits per heavy atom. The lowest BCUT2D eigenvalue weighted by atomic mass is 9.78. The van der Waals surface area contributed by atoms with Crippen molar-refractivity contribution in [2.24, 2.45) is 17.3 Å². The molecule has 4 heterocycles. The highest BCUT2D eigenvalue weighted by Crippen LogP contribution is 2.62. The lowest BCUT2D eigenvalue weighted by Gasteiger charge is -2.45. The summed E-state index contributed by atoms with van der Waals surface area (Å²) in [6.07, 6.45) is 8.55. The Hall–Kier alpha value is -2.58. The molecule has 204 valence electrons. The zero-order valence-electron chi connectivity index (χ0n) is 22.8. The molecule has 0 aliphatic carbocycles. The van der Waals surface area contributed by atoms with Crippen LogP contribution in [-0.2, 0) is 19.1 Å². The maximum Gasteiger partial charge on any atom is 0.311 e. The van der Waals surface area contributed by atoms with Gasteiger partial charge in [0.2, 0.25) is 11.8 Å². The second kappa shape index (κ2) is 9.56. The Morgan fingerprint density at radius 3 is 2.45 bits per heavy atom. The van der Waals surface area contributed by atoms with Crippen LogP contribution in [0.2, 0.25) is 0 Å². The molecule has 2 fully saturated rings. The maximum absolute atomic E-state index is 14.7. The molecular weight excluding hydrogens is 500 g/mol.